The van der Waals surface area contributed by atoms with Gasteiger partial charge in [0.15, 0.2) is 0 Å². The molecule has 84 valence electrons. The minimum absolute atomic E-state index is 0.677. The second kappa shape index (κ2) is 1.93. The summed E-state index contributed by atoms with van der Waals surface area (Å²) >= 11 is 0. The van der Waals surface area contributed by atoms with Crippen LogP contribution >= 0.6 is 0 Å². The molecule has 0 N–H and O–H groups in total. The Kier molecular flexibility index (Phi) is 1.17. The van der Waals surface area contributed by atoms with E-state index < -0.39 is 0 Å². The topological polar surface area (TPSA) is 0 Å². The maximum atomic E-state index is 2.58. The van der Waals surface area contributed by atoms with E-state index in [-0.39, 0.29) is 0 Å². The van der Waals surface area contributed by atoms with Crippen molar-refractivity contribution in [1.82, 2.24) is 0 Å². The fourth-order valence-electron chi connectivity index (χ4n) is 6.40. The number of fused-ring (bicyclic) bond motifs is 1. The van der Waals surface area contributed by atoms with Crippen molar-refractivity contribution >= 4 is 0 Å². The quantitative estimate of drug-likeness (QED) is 0.606. The summed E-state index contributed by atoms with van der Waals surface area (Å²) in [6.45, 7) is 12.6. The third-order valence-corrected chi connectivity index (χ3v) is 7.61. The minimum atomic E-state index is 0.677. The molecule has 7 unspecified atom stereocenters. The summed E-state index contributed by atoms with van der Waals surface area (Å²) in [5, 5.41) is 0. The Morgan fingerprint density at radius 3 is 1.93 bits per heavy atom. The summed E-state index contributed by atoms with van der Waals surface area (Å²) < 4.78 is 0. The van der Waals surface area contributed by atoms with E-state index in [1.54, 1.807) is 12.8 Å². The van der Waals surface area contributed by atoms with Gasteiger partial charge < -0.3 is 0 Å². The molecule has 5 aliphatic carbocycles. The van der Waals surface area contributed by atoms with Gasteiger partial charge in [0, 0.05) is 0 Å². The van der Waals surface area contributed by atoms with Crippen molar-refractivity contribution in [1.29, 1.82) is 0 Å². The van der Waals surface area contributed by atoms with E-state index in [1.165, 1.54) is 0 Å². The lowest BCUT2D eigenvalue weighted by atomic mass is 9.68. The zero-order valence-corrected chi connectivity index (χ0v) is 10.8. The Bertz CT molecular complexity index is 351. The SMILES string of the molecule is CC1C(C2C3C4(C)CC23CC4C)C1(C)C. The zero-order valence-electron chi connectivity index (χ0n) is 10.8. The average molecular weight is 204 g/mol. The molecule has 0 aromatic carbocycles. The van der Waals surface area contributed by atoms with Crippen LogP contribution < -0.4 is 0 Å². The van der Waals surface area contributed by atoms with E-state index in [9.17, 15) is 0 Å². The highest BCUT2D eigenvalue weighted by Gasteiger charge is 2.89. The smallest absolute Gasteiger partial charge is 0.0219 e. The van der Waals surface area contributed by atoms with Crippen LogP contribution in [0.4, 0.5) is 0 Å². The molecule has 2 bridgehead atoms. The van der Waals surface area contributed by atoms with E-state index >= 15 is 0 Å². The zero-order chi connectivity index (χ0) is 10.8. The summed E-state index contributed by atoms with van der Waals surface area (Å²) in [5.41, 5.74) is 2.32. The molecule has 0 amide bonds. The van der Waals surface area contributed by atoms with E-state index in [1.807, 2.05) is 0 Å². The Labute approximate surface area is 93.8 Å². The van der Waals surface area contributed by atoms with Crippen molar-refractivity contribution in [2.24, 2.45) is 45.8 Å². The van der Waals surface area contributed by atoms with Gasteiger partial charge >= 0.3 is 0 Å². The normalized spacial score (nSPS) is 72.2. The first kappa shape index (κ1) is 9.07. The maximum absolute atomic E-state index is 2.58. The van der Waals surface area contributed by atoms with Crippen molar-refractivity contribution in [3.05, 3.63) is 0 Å². The standard InChI is InChI=1S/C15H24/c1-8-6-15-7-14(8,5)12(15)11(15)10-9(2)13(10,3)4/h8-12H,6-7H2,1-5H3. The van der Waals surface area contributed by atoms with Crippen LogP contribution in [0.5, 0.6) is 0 Å². The number of rotatable bonds is 1. The van der Waals surface area contributed by atoms with Gasteiger partial charge in [-0.2, -0.15) is 0 Å². The molecule has 5 rings (SSSR count). The van der Waals surface area contributed by atoms with Crippen LogP contribution in [-0.4, -0.2) is 0 Å². The lowest BCUT2D eigenvalue weighted by molar-refractivity contribution is 0.124. The molecule has 0 heterocycles. The fourth-order valence-corrected chi connectivity index (χ4v) is 6.40. The maximum Gasteiger partial charge on any atom is -0.0219 e. The van der Waals surface area contributed by atoms with Gasteiger partial charge in [-0.25, -0.2) is 0 Å². The van der Waals surface area contributed by atoms with Gasteiger partial charge in [0.25, 0.3) is 0 Å². The lowest BCUT2D eigenvalue weighted by Gasteiger charge is -2.36. The first-order valence-electron chi connectivity index (χ1n) is 6.86. The van der Waals surface area contributed by atoms with Gasteiger partial charge in [0.1, 0.15) is 0 Å². The second-order valence-corrected chi connectivity index (χ2v) is 8.16. The van der Waals surface area contributed by atoms with E-state index in [0.29, 0.717) is 5.41 Å². The highest BCUT2D eigenvalue weighted by Crippen LogP contribution is 2.94. The van der Waals surface area contributed by atoms with Crippen LogP contribution in [0.2, 0.25) is 0 Å². The highest BCUT2D eigenvalue weighted by molar-refractivity contribution is 5.36. The summed E-state index contributed by atoms with van der Waals surface area (Å²) in [6, 6.07) is 0. The largest absolute Gasteiger partial charge is 0.0620 e. The van der Waals surface area contributed by atoms with Crippen LogP contribution in [0.25, 0.3) is 0 Å². The van der Waals surface area contributed by atoms with Crippen LogP contribution in [0.15, 0.2) is 0 Å². The number of hydrogen-bond acceptors (Lipinski definition) is 0. The van der Waals surface area contributed by atoms with Gasteiger partial charge in [-0.05, 0) is 58.7 Å². The molecule has 5 saturated carbocycles. The Morgan fingerprint density at radius 1 is 1.00 bits per heavy atom. The van der Waals surface area contributed by atoms with Crippen LogP contribution in [0, 0.1) is 45.8 Å². The highest BCUT2D eigenvalue weighted by atomic mass is 14.9. The summed E-state index contributed by atoms with van der Waals surface area (Å²) in [5.74, 6) is 5.40. The molecule has 0 aliphatic heterocycles. The lowest BCUT2D eigenvalue weighted by Crippen LogP contribution is -2.29. The van der Waals surface area contributed by atoms with Crippen molar-refractivity contribution in [2.45, 2.75) is 47.5 Å². The molecule has 0 radical (unpaired) electrons. The molecule has 5 fully saturated rings. The second-order valence-electron chi connectivity index (χ2n) is 8.16. The average Bonchev–Trinajstić information content (AvgIpc) is 2.69. The molecule has 0 nitrogen and oxygen atoms in total. The molecule has 7 atom stereocenters. The predicted octanol–water partition coefficient (Wildman–Crippen LogP) is 3.96. The molecular weight excluding hydrogens is 180 g/mol. The monoisotopic (exact) mass is 204 g/mol. The van der Waals surface area contributed by atoms with Gasteiger partial charge in [-0.3, -0.25) is 0 Å². The molecule has 0 aromatic heterocycles. The third-order valence-electron chi connectivity index (χ3n) is 7.61. The summed E-state index contributed by atoms with van der Waals surface area (Å²) in [6.07, 6.45) is 3.15. The van der Waals surface area contributed by atoms with Gasteiger partial charge in [-0.15, -0.1) is 0 Å². The first-order chi connectivity index (χ1) is 6.86. The van der Waals surface area contributed by atoms with Crippen LogP contribution in [-0.2, 0) is 0 Å². The van der Waals surface area contributed by atoms with Crippen molar-refractivity contribution < 1.29 is 0 Å². The fraction of sp³-hybridized carbons (Fsp3) is 1.00. The molecule has 0 heteroatoms. The van der Waals surface area contributed by atoms with Crippen molar-refractivity contribution in [2.75, 3.05) is 0 Å². The Hall–Kier alpha value is 0. The molecule has 0 aromatic rings. The Morgan fingerprint density at radius 2 is 1.60 bits per heavy atom. The number of hydrogen-bond donors (Lipinski definition) is 0. The molecule has 1 spiro atoms. The van der Waals surface area contributed by atoms with Crippen LogP contribution in [0.3, 0.4) is 0 Å². The van der Waals surface area contributed by atoms with Gasteiger partial charge in [-0.1, -0.05) is 34.6 Å². The summed E-state index contributed by atoms with van der Waals surface area (Å²) in [4.78, 5) is 0. The Balaban J connectivity index is 1.63. The molecule has 15 heavy (non-hydrogen) atoms. The van der Waals surface area contributed by atoms with E-state index in [4.69, 9.17) is 0 Å². The van der Waals surface area contributed by atoms with Crippen molar-refractivity contribution in [3.63, 3.8) is 0 Å². The van der Waals surface area contributed by atoms with E-state index in [2.05, 4.69) is 34.6 Å². The molecular formula is C15H24. The van der Waals surface area contributed by atoms with Crippen LogP contribution in [0.1, 0.15) is 47.5 Å². The van der Waals surface area contributed by atoms with Gasteiger partial charge in [0.2, 0.25) is 0 Å². The summed E-state index contributed by atoms with van der Waals surface area (Å²) in [7, 11) is 0. The third kappa shape index (κ3) is 0.666. The van der Waals surface area contributed by atoms with E-state index in [0.717, 1.165) is 40.4 Å². The first-order valence-corrected chi connectivity index (χ1v) is 6.86. The van der Waals surface area contributed by atoms with Crippen molar-refractivity contribution in [3.8, 4) is 0 Å². The molecule has 0 saturated heterocycles. The molecule has 5 aliphatic rings. The minimum Gasteiger partial charge on any atom is -0.0620 e. The van der Waals surface area contributed by atoms with Gasteiger partial charge in [0.05, 0.1) is 0 Å². The predicted molar refractivity (Wildman–Crippen MR) is 62.4 cm³/mol.